The minimum absolute atomic E-state index is 0.0193. The molecule has 0 spiro atoms. The normalized spacial score (nSPS) is 18.3. The summed E-state index contributed by atoms with van der Waals surface area (Å²) in [6.07, 6.45) is -0.531. The van der Waals surface area contributed by atoms with Crippen LogP contribution in [0.2, 0.25) is 5.02 Å². The first-order valence-corrected chi connectivity index (χ1v) is 10.5. The van der Waals surface area contributed by atoms with E-state index in [0.717, 1.165) is 6.07 Å². The van der Waals surface area contributed by atoms with Gasteiger partial charge in [-0.25, -0.2) is 18.6 Å². The number of nitrogens with one attached hydrogen (secondary N) is 1. The van der Waals surface area contributed by atoms with Crippen molar-refractivity contribution in [2.75, 3.05) is 11.9 Å². The Morgan fingerprint density at radius 3 is 2.59 bits per heavy atom. The summed E-state index contributed by atoms with van der Waals surface area (Å²) in [4.78, 5) is 29.5. The fourth-order valence-corrected chi connectivity index (χ4v) is 3.88. The van der Waals surface area contributed by atoms with E-state index in [1.807, 2.05) is 20.8 Å². The number of hydrogen-bond donors (Lipinski definition) is 2. The molecule has 1 aliphatic rings. The van der Waals surface area contributed by atoms with Gasteiger partial charge in [0, 0.05) is 17.6 Å². The Labute approximate surface area is 189 Å². The zero-order chi connectivity index (χ0) is 23.6. The standard InChI is InChI=1S/C23H24ClF2N3O3/c1-23(2,3)18-11-13(9-10-29(18)22(31)32)20(26)17-5-4-6-19(27-17)28-21(30)15-8-7-14(24)12-16(15)25/h4-8,12,18H,9-11H2,1-3H3,(H,31,32)(H,27,28,30)/b20-13+. The molecule has 1 atom stereocenters. The van der Waals surface area contributed by atoms with Crippen LogP contribution < -0.4 is 5.32 Å². The molecule has 0 bridgehead atoms. The third-order valence-electron chi connectivity index (χ3n) is 5.42. The van der Waals surface area contributed by atoms with Gasteiger partial charge in [0.05, 0.1) is 5.56 Å². The summed E-state index contributed by atoms with van der Waals surface area (Å²) >= 11 is 5.71. The molecule has 2 amide bonds. The lowest BCUT2D eigenvalue weighted by Gasteiger charge is -2.42. The van der Waals surface area contributed by atoms with E-state index < -0.39 is 23.6 Å². The van der Waals surface area contributed by atoms with Crippen molar-refractivity contribution in [2.45, 2.75) is 39.7 Å². The summed E-state index contributed by atoms with van der Waals surface area (Å²) in [6.45, 7) is 5.93. The Morgan fingerprint density at radius 2 is 1.97 bits per heavy atom. The highest BCUT2D eigenvalue weighted by atomic mass is 35.5. The van der Waals surface area contributed by atoms with Crippen LogP contribution in [0.1, 0.15) is 49.7 Å². The molecule has 0 saturated carbocycles. The maximum absolute atomic E-state index is 15.3. The molecule has 1 unspecified atom stereocenters. The van der Waals surface area contributed by atoms with Crippen molar-refractivity contribution in [3.8, 4) is 0 Å². The number of hydrogen-bond acceptors (Lipinski definition) is 3. The lowest BCUT2D eigenvalue weighted by atomic mass is 9.79. The molecule has 1 aromatic carbocycles. The maximum atomic E-state index is 15.3. The number of piperidine rings is 1. The lowest BCUT2D eigenvalue weighted by Crippen LogP contribution is -2.50. The van der Waals surface area contributed by atoms with Crippen LogP contribution in [-0.4, -0.2) is 39.6 Å². The molecule has 170 valence electrons. The van der Waals surface area contributed by atoms with Crippen molar-refractivity contribution in [2.24, 2.45) is 5.41 Å². The van der Waals surface area contributed by atoms with Crippen LogP contribution in [0.4, 0.5) is 19.4 Å². The highest BCUT2D eigenvalue weighted by molar-refractivity contribution is 6.30. The van der Waals surface area contributed by atoms with Gasteiger partial charge in [0.15, 0.2) is 0 Å². The van der Waals surface area contributed by atoms with Gasteiger partial charge >= 0.3 is 6.09 Å². The maximum Gasteiger partial charge on any atom is 0.407 e. The predicted octanol–water partition coefficient (Wildman–Crippen LogP) is 6.00. The van der Waals surface area contributed by atoms with E-state index in [1.54, 1.807) is 0 Å². The van der Waals surface area contributed by atoms with Gasteiger partial charge in [-0.3, -0.25) is 4.79 Å². The van der Waals surface area contributed by atoms with Crippen molar-refractivity contribution < 1.29 is 23.5 Å². The minimum Gasteiger partial charge on any atom is -0.465 e. The summed E-state index contributed by atoms with van der Waals surface area (Å²) in [5.41, 5.74) is -0.0987. The van der Waals surface area contributed by atoms with Gasteiger partial charge in [0.2, 0.25) is 0 Å². The topological polar surface area (TPSA) is 82.5 Å². The zero-order valence-electron chi connectivity index (χ0n) is 18.0. The molecule has 32 heavy (non-hydrogen) atoms. The molecule has 2 N–H and O–H groups in total. The largest absolute Gasteiger partial charge is 0.465 e. The van der Waals surface area contributed by atoms with Gasteiger partial charge in [-0.15, -0.1) is 0 Å². The molecule has 2 heterocycles. The summed E-state index contributed by atoms with van der Waals surface area (Å²) in [5, 5.41) is 12.1. The monoisotopic (exact) mass is 463 g/mol. The number of carbonyl (C=O) groups excluding carboxylic acids is 1. The van der Waals surface area contributed by atoms with E-state index in [0.29, 0.717) is 5.57 Å². The Bertz CT molecular complexity index is 1080. The molecule has 1 aromatic heterocycles. The number of rotatable bonds is 3. The van der Waals surface area contributed by atoms with Crippen LogP contribution in [0.15, 0.2) is 42.0 Å². The van der Waals surface area contributed by atoms with E-state index in [9.17, 15) is 19.1 Å². The molecule has 9 heteroatoms. The molecule has 0 aliphatic carbocycles. The molecule has 3 rings (SSSR count). The van der Waals surface area contributed by atoms with E-state index in [2.05, 4.69) is 10.3 Å². The Hall–Kier alpha value is -3.00. The Balaban J connectivity index is 1.84. The number of anilines is 1. The van der Waals surface area contributed by atoms with Crippen LogP contribution in [0.25, 0.3) is 5.83 Å². The quantitative estimate of drug-likeness (QED) is 0.585. The summed E-state index contributed by atoms with van der Waals surface area (Å²) in [7, 11) is 0. The van der Waals surface area contributed by atoms with Crippen LogP contribution in [-0.2, 0) is 0 Å². The highest BCUT2D eigenvalue weighted by Gasteiger charge is 2.38. The second-order valence-corrected chi connectivity index (χ2v) is 9.15. The fourth-order valence-electron chi connectivity index (χ4n) is 3.72. The summed E-state index contributed by atoms with van der Waals surface area (Å²) in [6, 6.07) is 7.76. The van der Waals surface area contributed by atoms with Crippen molar-refractivity contribution in [3.63, 3.8) is 0 Å². The molecule has 1 saturated heterocycles. The van der Waals surface area contributed by atoms with Crippen molar-refractivity contribution in [3.05, 3.63) is 64.1 Å². The van der Waals surface area contributed by atoms with Gasteiger partial charge in [-0.1, -0.05) is 38.4 Å². The average molecular weight is 464 g/mol. The molecular formula is C23H24ClF2N3O3. The zero-order valence-corrected chi connectivity index (χ0v) is 18.7. The number of nitrogens with zero attached hydrogens (tertiary/aromatic N) is 2. The molecule has 2 aromatic rings. The predicted molar refractivity (Wildman–Crippen MR) is 119 cm³/mol. The van der Waals surface area contributed by atoms with Gasteiger partial charge < -0.3 is 15.3 Å². The Kier molecular flexibility index (Phi) is 6.83. The number of amides is 2. The number of likely N-dealkylation sites (tertiary alicyclic amines) is 1. The number of carboxylic acid groups (broad SMARTS) is 1. The third kappa shape index (κ3) is 5.24. The van der Waals surface area contributed by atoms with Gasteiger partial charge in [0.25, 0.3) is 5.91 Å². The van der Waals surface area contributed by atoms with E-state index in [1.165, 1.54) is 35.2 Å². The lowest BCUT2D eigenvalue weighted by molar-refractivity contribution is 0.0719. The smallest absolute Gasteiger partial charge is 0.407 e. The number of benzene rings is 1. The summed E-state index contributed by atoms with van der Waals surface area (Å²) < 4.78 is 29.3. The third-order valence-corrected chi connectivity index (χ3v) is 5.65. The first-order chi connectivity index (χ1) is 15.0. The fraction of sp³-hybridized carbons (Fsp3) is 0.348. The van der Waals surface area contributed by atoms with Crippen LogP contribution >= 0.6 is 11.6 Å². The molecular weight excluding hydrogens is 440 g/mol. The van der Waals surface area contributed by atoms with Gasteiger partial charge in [0.1, 0.15) is 23.2 Å². The first-order valence-electron chi connectivity index (χ1n) is 10.1. The molecule has 1 aliphatic heterocycles. The van der Waals surface area contributed by atoms with Gasteiger partial charge in [-0.2, -0.15) is 0 Å². The second-order valence-electron chi connectivity index (χ2n) is 8.72. The Morgan fingerprint density at radius 1 is 1.25 bits per heavy atom. The van der Waals surface area contributed by atoms with E-state index in [4.69, 9.17) is 11.6 Å². The second kappa shape index (κ2) is 9.24. The summed E-state index contributed by atoms with van der Waals surface area (Å²) in [5.74, 6) is -2.00. The van der Waals surface area contributed by atoms with Crippen LogP contribution in [0.3, 0.4) is 0 Å². The first kappa shape index (κ1) is 23.7. The van der Waals surface area contributed by atoms with Gasteiger partial charge in [-0.05, 0) is 54.2 Å². The number of halogens is 3. The SMILES string of the molecule is CC(C)(C)C1C/C(=C(/F)c2cccc(NC(=O)c3ccc(Cl)cc3F)n2)CCN1C(=O)O. The van der Waals surface area contributed by atoms with Crippen LogP contribution in [0.5, 0.6) is 0 Å². The number of pyridine rings is 1. The molecule has 0 radical (unpaired) electrons. The average Bonchev–Trinajstić information content (AvgIpc) is 2.72. The number of carbonyl (C=O) groups is 2. The van der Waals surface area contributed by atoms with E-state index >= 15 is 4.39 Å². The van der Waals surface area contributed by atoms with Crippen LogP contribution in [0, 0.1) is 11.2 Å². The van der Waals surface area contributed by atoms with E-state index in [-0.39, 0.29) is 52.9 Å². The van der Waals surface area contributed by atoms with Crippen molar-refractivity contribution in [1.82, 2.24) is 9.88 Å². The molecule has 1 fully saturated rings. The molecule has 6 nitrogen and oxygen atoms in total. The van der Waals surface area contributed by atoms with Crippen molar-refractivity contribution in [1.29, 1.82) is 0 Å². The van der Waals surface area contributed by atoms with Crippen molar-refractivity contribution >= 4 is 35.2 Å². The minimum atomic E-state index is -1.03. The number of aromatic nitrogens is 1. The highest BCUT2D eigenvalue weighted by Crippen LogP contribution is 2.37.